The minimum atomic E-state index is -0.114. The van der Waals surface area contributed by atoms with Crippen LogP contribution in [0.5, 0.6) is 0 Å². The second-order valence-corrected chi connectivity index (χ2v) is 10.3. The number of benzene rings is 1. The molecule has 0 bridgehead atoms. The molecule has 1 aliphatic heterocycles. The van der Waals surface area contributed by atoms with E-state index in [4.69, 9.17) is 0 Å². The summed E-state index contributed by atoms with van der Waals surface area (Å²) >= 11 is 0. The molecular formula is C28H36N4O2. The standard InChI is InChI=1S/C28H36N4O2/c33-27(30-25-6-2-1-3-7-25)22-11-13-32(14-12-22)19-20-5-4-8-26(15-20)31-28(34)24-16-23(17-29-18-24)21-9-10-21/h4-5,8,15-18,21-22,25H,1-3,6-7,9-14,19H2,(H,30,33)(H,31,34). The second kappa shape index (κ2) is 10.7. The summed E-state index contributed by atoms with van der Waals surface area (Å²) in [5.41, 5.74) is 3.76. The summed E-state index contributed by atoms with van der Waals surface area (Å²) in [4.78, 5) is 32.1. The number of rotatable bonds is 7. The molecule has 1 aromatic heterocycles. The molecule has 0 spiro atoms. The summed E-state index contributed by atoms with van der Waals surface area (Å²) in [6.45, 7) is 2.69. The van der Waals surface area contributed by atoms with Crippen molar-refractivity contribution in [3.05, 3.63) is 59.4 Å². The number of nitrogens with zero attached hydrogens (tertiary/aromatic N) is 2. The van der Waals surface area contributed by atoms with Gasteiger partial charge in [-0.25, -0.2) is 0 Å². The highest BCUT2D eigenvalue weighted by molar-refractivity contribution is 6.04. The maximum Gasteiger partial charge on any atom is 0.257 e. The zero-order valence-electron chi connectivity index (χ0n) is 20.0. The van der Waals surface area contributed by atoms with Gasteiger partial charge in [-0.2, -0.15) is 0 Å². The van der Waals surface area contributed by atoms with E-state index in [1.807, 2.05) is 24.4 Å². The third kappa shape index (κ3) is 6.03. The first-order chi connectivity index (χ1) is 16.6. The lowest BCUT2D eigenvalue weighted by Gasteiger charge is -2.32. The van der Waals surface area contributed by atoms with Gasteiger partial charge in [0.05, 0.1) is 5.56 Å². The highest BCUT2D eigenvalue weighted by Crippen LogP contribution is 2.39. The van der Waals surface area contributed by atoms with Crippen LogP contribution in [-0.2, 0) is 11.3 Å². The number of aromatic nitrogens is 1. The minimum Gasteiger partial charge on any atom is -0.353 e. The Balaban J connectivity index is 1.11. The zero-order valence-corrected chi connectivity index (χ0v) is 20.0. The molecule has 0 atom stereocenters. The Hall–Kier alpha value is -2.73. The predicted molar refractivity (Wildman–Crippen MR) is 134 cm³/mol. The third-order valence-corrected chi connectivity index (χ3v) is 7.57. The smallest absolute Gasteiger partial charge is 0.257 e. The maximum absolute atomic E-state index is 12.8. The van der Waals surface area contributed by atoms with Crippen molar-refractivity contribution in [2.75, 3.05) is 18.4 Å². The van der Waals surface area contributed by atoms with Gasteiger partial charge in [0, 0.05) is 36.6 Å². The molecule has 2 heterocycles. The molecule has 2 aromatic rings. The van der Waals surface area contributed by atoms with Gasteiger partial charge in [-0.3, -0.25) is 19.5 Å². The Labute approximate surface area is 202 Å². The minimum absolute atomic E-state index is 0.114. The fourth-order valence-corrected chi connectivity index (χ4v) is 5.35. The molecule has 2 N–H and O–H groups in total. The number of hydrogen-bond donors (Lipinski definition) is 2. The molecule has 180 valence electrons. The second-order valence-electron chi connectivity index (χ2n) is 10.3. The molecule has 2 aliphatic carbocycles. The van der Waals surface area contributed by atoms with E-state index in [1.165, 1.54) is 37.7 Å². The molecule has 3 fully saturated rings. The van der Waals surface area contributed by atoms with E-state index >= 15 is 0 Å². The lowest BCUT2D eigenvalue weighted by molar-refractivity contribution is -0.127. The van der Waals surface area contributed by atoms with Gasteiger partial charge in [0.1, 0.15) is 0 Å². The lowest BCUT2D eigenvalue weighted by atomic mass is 9.92. The highest BCUT2D eigenvalue weighted by atomic mass is 16.2. The Morgan fingerprint density at radius 2 is 1.74 bits per heavy atom. The highest BCUT2D eigenvalue weighted by Gasteiger charge is 2.27. The molecule has 2 amide bonds. The van der Waals surface area contributed by atoms with Crippen LogP contribution < -0.4 is 10.6 Å². The summed E-state index contributed by atoms with van der Waals surface area (Å²) in [6, 6.07) is 10.4. The molecule has 0 unspecified atom stereocenters. The molecule has 6 nitrogen and oxygen atoms in total. The average molecular weight is 461 g/mol. The predicted octanol–water partition coefficient (Wildman–Crippen LogP) is 4.87. The average Bonchev–Trinajstić information content (AvgIpc) is 3.71. The van der Waals surface area contributed by atoms with E-state index in [2.05, 4.69) is 32.7 Å². The molecule has 1 aromatic carbocycles. The number of amides is 2. The number of piperidine rings is 1. The molecule has 0 radical (unpaired) electrons. The summed E-state index contributed by atoms with van der Waals surface area (Å²) in [6.07, 6.45) is 13.8. The van der Waals surface area contributed by atoms with Crippen LogP contribution in [0.1, 0.15) is 85.2 Å². The van der Waals surface area contributed by atoms with Crippen molar-refractivity contribution in [2.24, 2.45) is 5.92 Å². The van der Waals surface area contributed by atoms with E-state index in [1.54, 1.807) is 6.20 Å². The summed E-state index contributed by atoms with van der Waals surface area (Å²) < 4.78 is 0. The SMILES string of the molecule is O=C(Nc1cccc(CN2CCC(C(=O)NC3CCCCC3)CC2)c1)c1cncc(C2CC2)c1. The van der Waals surface area contributed by atoms with Crippen molar-refractivity contribution in [1.29, 1.82) is 0 Å². The first kappa shape index (κ1) is 23.0. The largest absolute Gasteiger partial charge is 0.353 e. The van der Waals surface area contributed by atoms with E-state index in [0.29, 0.717) is 17.5 Å². The fourth-order valence-electron chi connectivity index (χ4n) is 5.35. The molecule has 1 saturated heterocycles. The van der Waals surface area contributed by atoms with Gasteiger partial charge in [0.15, 0.2) is 0 Å². The van der Waals surface area contributed by atoms with Crippen LogP contribution in [0.2, 0.25) is 0 Å². The van der Waals surface area contributed by atoms with E-state index in [9.17, 15) is 9.59 Å². The van der Waals surface area contributed by atoms with Gasteiger partial charge < -0.3 is 10.6 Å². The molecular weight excluding hydrogens is 424 g/mol. The Morgan fingerprint density at radius 3 is 2.50 bits per heavy atom. The Morgan fingerprint density at radius 1 is 0.941 bits per heavy atom. The third-order valence-electron chi connectivity index (χ3n) is 7.57. The number of pyridine rings is 1. The number of hydrogen-bond acceptors (Lipinski definition) is 4. The number of carbonyl (C=O) groups excluding carboxylic acids is 2. The number of nitrogens with one attached hydrogen (secondary N) is 2. The lowest BCUT2D eigenvalue weighted by Crippen LogP contribution is -2.44. The maximum atomic E-state index is 12.8. The van der Waals surface area contributed by atoms with Gasteiger partial charge in [-0.05, 0) is 86.9 Å². The molecule has 2 saturated carbocycles. The van der Waals surface area contributed by atoms with Crippen molar-refractivity contribution in [2.45, 2.75) is 76.3 Å². The van der Waals surface area contributed by atoms with Crippen LogP contribution >= 0.6 is 0 Å². The van der Waals surface area contributed by atoms with Crippen molar-refractivity contribution in [1.82, 2.24) is 15.2 Å². The normalized spacial score (nSPS) is 20.1. The van der Waals surface area contributed by atoms with Gasteiger partial charge in [-0.15, -0.1) is 0 Å². The summed E-state index contributed by atoms with van der Waals surface area (Å²) in [5.74, 6) is 0.864. The van der Waals surface area contributed by atoms with Gasteiger partial charge in [0.2, 0.25) is 5.91 Å². The van der Waals surface area contributed by atoms with E-state index in [-0.39, 0.29) is 17.7 Å². The van der Waals surface area contributed by atoms with Crippen molar-refractivity contribution < 1.29 is 9.59 Å². The van der Waals surface area contributed by atoms with Crippen LogP contribution in [0.3, 0.4) is 0 Å². The number of anilines is 1. The first-order valence-electron chi connectivity index (χ1n) is 13.0. The van der Waals surface area contributed by atoms with Crippen LogP contribution in [0.25, 0.3) is 0 Å². The van der Waals surface area contributed by atoms with Crippen LogP contribution in [0.4, 0.5) is 5.69 Å². The Bertz CT molecular complexity index is 1000. The van der Waals surface area contributed by atoms with Crippen molar-refractivity contribution in [3.8, 4) is 0 Å². The number of carbonyl (C=O) groups is 2. The summed E-state index contributed by atoms with van der Waals surface area (Å²) in [7, 11) is 0. The molecule has 5 rings (SSSR count). The Kier molecular flexibility index (Phi) is 7.24. The van der Waals surface area contributed by atoms with Crippen LogP contribution in [-0.4, -0.2) is 40.8 Å². The van der Waals surface area contributed by atoms with Gasteiger partial charge in [0.25, 0.3) is 5.91 Å². The van der Waals surface area contributed by atoms with E-state index < -0.39 is 0 Å². The van der Waals surface area contributed by atoms with Crippen molar-refractivity contribution in [3.63, 3.8) is 0 Å². The van der Waals surface area contributed by atoms with Gasteiger partial charge in [-0.1, -0.05) is 31.4 Å². The molecule has 3 aliphatic rings. The van der Waals surface area contributed by atoms with Crippen LogP contribution in [0.15, 0.2) is 42.7 Å². The first-order valence-corrected chi connectivity index (χ1v) is 13.0. The fraction of sp³-hybridized carbons (Fsp3) is 0.536. The molecule has 34 heavy (non-hydrogen) atoms. The van der Waals surface area contributed by atoms with Crippen molar-refractivity contribution >= 4 is 17.5 Å². The van der Waals surface area contributed by atoms with E-state index in [0.717, 1.165) is 56.6 Å². The topological polar surface area (TPSA) is 74.3 Å². The van der Waals surface area contributed by atoms with Crippen LogP contribution in [0, 0.1) is 5.92 Å². The monoisotopic (exact) mass is 460 g/mol. The quantitative estimate of drug-likeness (QED) is 0.618. The summed E-state index contributed by atoms with van der Waals surface area (Å²) in [5, 5.41) is 6.34. The molecule has 6 heteroatoms. The van der Waals surface area contributed by atoms with Gasteiger partial charge >= 0.3 is 0 Å². The zero-order chi connectivity index (χ0) is 23.3. The number of likely N-dealkylation sites (tertiary alicyclic amines) is 1.